The summed E-state index contributed by atoms with van der Waals surface area (Å²) in [5, 5.41) is 3.37. The van der Waals surface area contributed by atoms with Gasteiger partial charge in [-0.1, -0.05) is 11.6 Å². The third-order valence-electron chi connectivity index (χ3n) is 2.25. The Morgan fingerprint density at radius 1 is 1.57 bits per heavy atom. The number of nitrogens with one attached hydrogen (secondary N) is 1. The molecule has 4 heteroatoms. The molecule has 1 fully saturated rings. The van der Waals surface area contributed by atoms with E-state index in [0.29, 0.717) is 0 Å². The predicted molar refractivity (Wildman–Crippen MR) is 60.1 cm³/mol. The van der Waals surface area contributed by atoms with Gasteiger partial charge in [0.2, 0.25) is 0 Å². The molecule has 1 aliphatic heterocycles. The van der Waals surface area contributed by atoms with Crippen LogP contribution in [0.1, 0.15) is 24.8 Å². The molecule has 2 rings (SSSR count). The van der Waals surface area contributed by atoms with Crippen molar-refractivity contribution in [3.63, 3.8) is 0 Å². The summed E-state index contributed by atoms with van der Waals surface area (Å²) in [5.41, 5.74) is -0.0839. The average Bonchev–Trinajstić information content (AvgIpc) is 2.50. The van der Waals surface area contributed by atoms with Crippen LogP contribution in [0.3, 0.4) is 0 Å². The molecule has 1 unspecified atom stereocenters. The molecular weight excluding hydrogens is 218 g/mol. The van der Waals surface area contributed by atoms with E-state index in [-0.39, 0.29) is 11.7 Å². The smallest absolute Gasteiger partial charge is 0.105 e. The summed E-state index contributed by atoms with van der Waals surface area (Å²) in [4.78, 5) is 1.20. The SMILES string of the molecule is CC1(C)CNCC(c2ccc(Cl)s2)O1. The van der Waals surface area contributed by atoms with Gasteiger partial charge in [0, 0.05) is 18.0 Å². The van der Waals surface area contributed by atoms with Crippen molar-refractivity contribution in [3.05, 3.63) is 21.3 Å². The molecule has 14 heavy (non-hydrogen) atoms. The van der Waals surface area contributed by atoms with Crippen molar-refractivity contribution in [2.24, 2.45) is 0 Å². The Morgan fingerprint density at radius 2 is 2.36 bits per heavy atom. The van der Waals surface area contributed by atoms with Crippen LogP contribution in [0.5, 0.6) is 0 Å². The summed E-state index contributed by atoms with van der Waals surface area (Å²) in [6.45, 7) is 5.98. The third kappa shape index (κ3) is 2.28. The molecule has 1 saturated heterocycles. The molecule has 1 aliphatic rings. The van der Waals surface area contributed by atoms with Gasteiger partial charge in [-0.15, -0.1) is 11.3 Å². The minimum Gasteiger partial charge on any atom is -0.364 e. The van der Waals surface area contributed by atoms with E-state index in [2.05, 4.69) is 19.2 Å². The zero-order valence-corrected chi connectivity index (χ0v) is 9.91. The van der Waals surface area contributed by atoms with Crippen molar-refractivity contribution in [2.75, 3.05) is 13.1 Å². The summed E-state index contributed by atoms with van der Waals surface area (Å²) in [6.07, 6.45) is 0.149. The highest BCUT2D eigenvalue weighted by molar-refractivity contribution is 7.16. The number of morpholine rings is 1. The molecular formula is C10H14ClNOS. The fraction of sp³-hybridized carbons (Fsp3) is 0.600. The lowest BCUT2D eigenvalue weighted by Gasteiger charge is -2.36. The topological polar surface area (TPSA) is 21.3 Å². The first-order valence-corrected chi connectivity index (χ1v) is 5.90. The quantitative estimate of drug-likeness (QED) is 0.803. The molecule has 1 atom stereocenters. The molecule has 2 nitrogen and oxygen atoms in total. The molecule has 0 amide bonds. The van der Waals surface area contributed by atoms with Crippen LogP contribution in [0.25, 0.3) is 0 Å². The minimum atomic E-state index is -0.0839. The van der Waals surface area contributed by atoms with E-state index in [1.807, 2.05) is 12.1 Å². The molecule has 2 heterocycles. The number of ether oxygens (including phenoxy) is 1. The predicted octanol–water partition coefficient (Wildman–Crippen LogP) is 2.84. The van der Waals surface area contributed by atoms with Gasteiger partial charge < -0.3 is 10.1 Å². The van der Waals surface area contributed by atoms with Gasteiger partial charge in [0.25, 0.3) is 0 Å². The van der Waals surface area contributed by atoms with Gasteiger partial charge in [-0.3, -0.25) is 0 Å². The van der Waals surface area contributed by atoms with Crippen molar-refractivity contribution in [3.8, 4) is 0 Å². The number of hydrogen-bond donors (Lipinski definition) is 1. The summed E-state index contributed by atoms with van der Waals surface area (Å²) in [6, 6.07) is 3.97. The van der Waals surface area contributed by atoms with Crippen LogP contribution in [0, 0.1) is 0 Å². The lowest BCUT2D eigenvalue weighted by Crippen LogP contribution is -2.46. The molecule has 0 aliphatic carbocycles. The van der Waals surface area contributed by atoms with Gasteiger partial charge in [-0.05, 0) is 26.0 Å². The first-order valence-electron chi connectivity index (χ1n) is 4.71. The second-order valence-corrected chi connectivity index (χ2v) is 5.89. The lowest BCUT2D eigenvalue weighted by molar-refractivity contribution is -0.0944. The fourth-order valence-corrected chi connectivity index (χ4v) is 2.72. The van der Waals surface area contributed by atoms with E-state index in [1.165, 1.54) is 4.88 Å². The number of rotatable bonds is 1. The second kappa shape index (κ2) is 3.81. The van der Waals surface area contributed by atoms with E-state index in [9.17, 15) is 0 Å². The van der Waals surface area contributed by atoms with Gasteiger partial charge >= 0.3 is 0 Å². The molecule has 0 aromatic carbocycles. The van der Waals surface area contributed by atoms with Crippen LogP contribution in [0.4, 0.5) is 0 Å². The number of hydrogen-bond acceptors (Lipinski definition) is 3. The van der Waals surface area contributed by atoms with Gasteiger partial charge in [-0.25, -0.2) is 0 Å². The Kier molecular flexibility index (Phi) is 2.84. The Bertz CT molecular complexity index is 324. The molecule has 0 spiro atoms. The van der Waals surface area contributed by atoms with Gasteiger partial charge in [0.15, 0.2) is 0 Å². The molecule has 0 bridgehead atoms. The zero-order chi connectivity index (χ0) is 10.2. The Balaban J connectivity index is 2.12. The fourth-order valence-electron chi connectivity index (χ4n) is 1.63. The van der Waals surface area contributed by atoms with E-state index in [1.54, 1.807) is 11.3 Å². The van der Waals surface area contributed by atoms with Crippen molar-refractivity contribution < 1.29 is 4.74 Å². The van der Waals surface area contributed by atoms with E-state index >= 15 is 0 Å². The van der Waals surface area contributed by atoms with Crippen molar-refractivity contribution in [1.29, 1.82) is 0 Å². The Morgan fingerprint density at radius 3 is 2.93 bits per heavy atom. The van der Waals surface area contributed by atoms with Crippen LogP contribution in [0.15, 0.2) is 12.1 Å². The maximum absolute atomic E-state index is 5.96. The van der Waals surface area contributed by atoms with E-state index in [0.717, 1.165) is 17.4 Å². The zero-order valence-electron chi connectivity index (χ0n) is 8.34. The van der Waals surface area contributed by atoms with Crippen LogP contribution >= 0.6 is 22.9 Å². The highest BCUT2D eigenvalue weighted by Gasteiger charge is 2.29. The van der Waals surface area contributed by atoms with Crippen LogP contribution in [-0.2, 0) is 4.74 Å². The first kappa shape index (κ1) is 10.4. The molecule has 0 radical (unpaired) electrons. The molecule has 1 N–H and O–H groups in total. The summed E-state index contributed by atoms with van der Waals surface area (Å²) in [5.74, 6) is 0. The Hall–Kier alpha value is -0.0900. The highest BCUT2D eigenvalue weighted by Crippen LogP contribution is 2.33. The normalized spacial score (nSPS) is 26.4. The van der Waals surface area contributed by atoms with Gasteiger partial charge in [0.1, 0.15) is 6.10 Å². The van der Waals surface area contributed by atoms with E-state index < -0.39 is 0 Å². The van der Waals surface area contributed by atoms with Gasteiger partial charge in [0.05, 0.1) is 9.94 Å². The summed E-state index contributed by atoms with van der Waals surface area (Å²) >= 11 is 7.49. The van der Waals surface area contributed by atoms with Crippen molar-refractivity contribution in [2.45, 2.75) is 25.6 Å². The minimum absolute atomic E-state index is 0.0839. The number of thiophene rings is 1. The van der Waals surface area contributed by atoms with E-state index in [4.69, 9.17) is 16.3 Å². The lowest BCUT2D eigenvalue weighted by atomic mass is 10.1. The van der Waals surface area contributed by atoms with Crippen LogP contribution in [-0.4, -0.2) is 18.7 Å². The molecule has 1 aromatic heterocycles. The Labute approximate surface area is 93.2 Å². The monoisotopic (exact) mass is 231 g/mol. The summed E-state index contributed by atoms with van der Waals surface area (Å²) in [7, 11) is 0. The highest BCUT2D eigenvalue weighted by atomic mass is 35.5. The maximum Gasteiger partial charge on any atom is 0.105 e. The number of halogens is 1. The summed E-state index contributed by atoms with van der Waals surface area (Å²) < 4.78 is 6.79. The van der Waals surface area contributed by atoms with Gasteiger partial charge in [-0.2, -0.15) is 0 Å². The average molecular weight is 232 g/mol. The first-order chi connectivity index (χ1) is 6.57. The molecule has 1 aromatic rings. The van der Waals surface area contributed by atoms with Crippen LogP contribution < -0.4 is 5.32 Å². The van der Waals surface area contributed by atoms with Crippen LogP contribution in [0.2, 0.25) is 4.34 Å². The second-order valence-electron chi connectivity index (χ2n) is 4.14. The van der Waals surface area contributed by atoms with Crippen molar-refractivity contribution in [1.82, 2.24) is 5.32 Å². The standard InChI is InChI=1S/C10H14ClNOS/c1-10(2)6-12-5-7(13-10)8-3-4-9(11)14-8/h3-4,7,12H,5-6H2,1-2H3. The maximum atomic E-state index is 5.96. The molecule has 0 saturated carbocycles. The molecule has 78 valence electrons. The largest absolute Gasteiger partial charge is 0.364 e. The van der Waals surface area contributed by atoms with Crippen molar-refractivity contribution >= 4 is 22.9 Å². The third-order valence-corrected chi connectivity index (χ3v) is 3.58.